The lowest BCUT2D eigenvalue weighted by Gasteiger charge is -2.04. The zero-order chi connectivity index (χ0) is 19.7. The molecule has 0 saturated heterocycles. The number of carbonyl (C=O) groups is 1. The molecular formula is C23H20O4S. The Labute approximate surface area is 164 Å². The molecule has 0 aromatic heterocycles. The average molecular weight is 392 g/mol. The number of hydrogen-bond donors (Lipinski definition) is 0. The fraction of sp³-hybridized carbons (Fsp3) is 0.174. The third-order valence-electron chi connectivity index (χ3n) is 5.25. The van der Waals surface area contributed by atoms with Gasteiger partial charge in [0.15, 0.2) is 15.6 Å². The van der Waals surface area contributed by atoms with Crippen molar-refractivity contribution in [3.8, 4) is 5.75 Å². The first kappa shape index (κ1) is 18.4. The summed E-state index contributed by atoms with van der Waals surface area (Å²) in [7, 11) is -2.06. The Kier molecular flexibility index (Phi) is 4.77. The van der Waals surface area contributed by atoms with Crippen LogP contribution in [0.3, 0.4) is 0 Å². The predicted molar refractivity (Wildman–Crippen MR) is 107 cm³/mol. The normalized spacial score (nSPS) is 21.1. The number of ketones is 1. The van der Waals surface area contributed by atoms with Gasteiger partial charge in [-0.25, -0.2) is 8.42 Å². The van der Waals surface area contributed by atoms with Gasteiger partial charge in [0.25, 0.3) is 0 Å². The Morgan fingerprint density at radius 2 is 1.39 bits per heavy atom. The van der Waals surface area contributed by atoms with Gasteiger partial charge in [-0.15, -0.1) is 0 Å². The summed E-state index contributed by atoms with van der Waals surface area (Å²) in [5.41, 5.74) is 1.37. The minimum Gasteiger partial charge on any atom is -0.497 e. The quantitative estimate of drug-likeness (QED) is 0.592. The van der Waals surface area contributed by atoms with Crippen LogP contribution < -0.4 is 4.74 Å². The summed E-state index contributed by atoms with van der Waals surface area (Å²) in [4.78, 5) is 13.4. The molecule has 1 aliphatic carbocycles. The summed E-state index contributed by atoms with van der Waals surface area (Å²) in [6.07, 6.45) is 0. The molecule has 3 aromatic rings. The third-order valence-corrected chi connectivity index (χ3v) is 7.48. The molecule has 0 amide bonds. The average Bonchev–Trinajstić information content (AvgIpc) is 3.51. The summed E-state index contributed by atoms with van der Waals surface area (Å²) in [5, 5.41) is -0.757. The summed E-state index contributed by atoms with van der Waals surface area (Å²) < 4.78 is 31.6. The zero-order valence-corrected chi connectivity index (χ0v) is 16.2. The van der Waals surface area contributed by atoms with Crippen LogP contribution >= 0.6 is 0 Å². The molecule has 0 radical (unpaired) electrons. The van der Waals surface area contributed by atoms with Crippen molar-refractivity contribution >= 4 is 15.6 Å². The number of benzene rings is 3. The van der Waals surface area contributed by atoms with Gasteiger partial charge in [-0.05, 0) is 42.0 Å². The molecule has 0 N–H and O–H groups in total. The highest BCUT2D eigenvalue weighted by atomic mass is 32.2. The summed E-state index contributed by atoms with van der Waals surface area (Å²) in [6.45, 7) is 0. The first-order chi connectivity index (χ1) is 13.5. The molecule has 1 fully saturated rings. The second kappa shape index (κ2) is 7.24. The molecule has 1 aliphatic rings. The van der Waals surface area contributed by atoms with E-state index in [0.29, 0.717) is 11.3 Å². The molecule has 0 spiro atoms. The van der Waals surface area contributed by atoms with Crippen LogP contribution in [-0.4, -0.2) is 26.6 Å². The molecule has 0 aliphatic heterocycles. The lowest BCUT2D eigenvalue weighted by molar-refractivity contribution is 0.0965. The monoisotopic (exact) mass is 392 g/mol. The van der Waals surface area contributed by atoms with E-state index >= 15 is 0 Å². The van der Waals surface area contributed by atoms with Crippen LogP contribution in [-0.2, 0) is 9.84 Å². The molecule has 3 atom stereocenters. The third kappa shape index (κ3) is 3.22. The first-order valence-electron chi connectivity index (χ1n) is 9.06. The highest BCUT2D eigenvalue weighted by Gasteiger charge is 2.62. The Bertz CT molecular complexity index is 1070. The van der Waals surface area contributed by atoms with E-state index in [-0.39, 0.29) is 16.6 Å². The van der Waals surface area contributed by atoms with Gasteiger partial charge in [0, 0.05) is 17.4 Å². The van der Waals surface area contributed by atoms with Crippen molar-refractivity contribution in [3.63, 3.8) is 0 Å². The lowest BCUT2D eigenvalue weighted by Crippen LogP contribution is -2.14. The van der Waals surface area contributed by atoms with Gasteiger partial charge in [0.05, 0.1) is 17.3 Å². The van der Waals surface area contributed by atoms with Crippen molar-refractivity contribution in [1.29, 1.82) is 0 Å². The van der Waals surface area contributed by atoms with Gasteiger partial charge in [0.2, 0.25) is 0 Å². The van der Waals surface area contributed by atoms with Crippen molar-refractivity contribution < 1.29 is 17.9 Å². The number of methoxy groups -OCH3 is 1. The van der Waals surface area contributed by atoms with E-state index in [9.17, 15) is 13.2 Å². The number of ether oxygens (including phenoxy) is 1. The second-order valence-corrected chi connectivity index (χ2v) is 8.98. The van der Waals surface area contributed by atoms with E-state index in [1.807, 2.05) is 30.3 Å². The minimum absolute atomic E-state index is 0.152. The van der Waals surface area contributed by atoms with Crippen molar-refractivity contribution in [3.05, 3.63) is 96.1 Å². The molecule has 0 unspecified atom stereocenters. The van der Waals surface area contributed by atoms with E-state index in [1.165, 1.54) is 0 Å². The number of Topliss-reactive ketones (excluding diaryl/α,β-unsaturated/α-hetero) is 1. The first-order valence-corrected chi connectivity index (χ1v) is 10.6. The van der Waals surface area contributed by atoms with E-state index in [1.54, 1.807) is 61.7 Å². The van der Waals surface area contributed by atoms with Crippen molar-refractivity contribution in [2.75, 3.05) is 7.11 Å². The van der Waals surface area contributed by atoms with Crippen molar-refractivity contribution in [1.82, 2.24) is 0 Å². The van der Waals surface area contributed by atoms with Gasteiger partial charge in [0.1, 0.15) is 5.75 Å². The topological polar surface area (TPSA) is 60.4 Å². The van der Waals surface area contributed by atoms with E-state index in [2.05, 4.69) is 0 Å². The summed E-state index contributed by atoms with van der Waals surface area (Å²) in [6, 6.07) is 24.6. The number of sulfone groups is 1. The smallest absolute Gasteiger partial charge is 0.182 e. The van der Waals surface area contributed by atoms with Crippen LogP contribution in [0.15, 0.2) is 89.8 Å². The van der Waals surface area contributed by atoms with Crippen LogP contribution in [0, 0.1) is 5.92 Å². The summed E-state index contributed by atoms with van der Waals surface area (Å²) >= 11 is 0. The SMILES string of the molecule is COc1ccc(C(=O)[C@H]2[C@@H](c3ccccc3)[C@@H]2S(=O)(=O)c2ccccc2)cc1. The van der Waals surface area contributed by atoms with Crippen LogP contribution in [0.25, 0.3) is 0 Å². The predicted octanol–water partition coefficient (Wildman–Crippen LogP) is 4.13. The Balaban J connectivity index is 1.72. The Hall–Kier alpha value is -2.92. The molecule has 4 nitrogen and oxygen atoms in total. The molecule has 0 heterocycles. The van der Waals surface area contributed by atoms with Crippen LogP contribution in [0.2, 0.25) is 0 Å². The maximum Gasteiger partial charge on any atom is 0.182 e. The maximum absolute atomic E-state index is 13.3. The van der Waals surface area contributed by atoms with Gasteiger partial charge >= 0.3 is 0 Å². The molecule has 142 valence electrons. The van der Waals surface area contributed by atoms with Gasteiger partial charge in [-0.2, -0.15) is 0 Å². The second-order valence-electron chi connectivity index (χ2n) is 6.88. The molecule has 0 bridgehead atoms. The zero-order valence-electron chi connectivity index (χ0n) is 15.4. The van der Waals surface area contributed by atoms with Crippen LogP contribution in [0.5, 0.6) is 5.75 Å². The molecule has 1 saturated carbocycles. The molecule has 5 heteroatoms. The number of carbonyl (C=O) groups excluding carboxylic acids is 1. The molecule has 3 aromatic carbocycles. The lowest BCUT2D eigenvalue weighted by atomic mass is 10.0. The van der Waals surface area contributed by atoms with Crippen LogP contribution in [0.1, 0.15) is 21.8 Å². The number of hydrogen-bond acceptors (Lipinski definition) is 4. The Morgan fingerprint density at radius 1 is 0.821 bits per heavy atom. The number of rotatable bonds is 6. The van der Waals surface area contributed by atoms with E-state index in [4.69, 9.17) is 4.74 Å². The highest BCUT2D eigenvalue weighted by Crippen LogP contribution is 2.55. The fourth-order valence-electron chi connectivity index (χ4n) is 3.77. The molecule has 4 rings (SSSR count). The van der Waals surface area contributed by atoms with E-state index < -0.39 is 21.0 Å². The largest absolute Gasteiger partial charge is 0.497 e. The maximum atomic E-state index is 13.3. The standard InChI is InChI=1S/C23H20O4S/c1-27-18-14-12-17(13-15-18)22(24)21-20(16-8-4-2-5-9-16)23(21)28(25,26)19-10-6-3-7-11-19/h2-15,20-21,23H,1H3/t20-,21-,23+/m1/s1. The van der Waals surface area contributed by atoms with Crippen molar-refractivity contribution in [2.24, 2.45) is 5.92 Å². The van der Waals surface area contributed by atoms with Crippen molar-refractivity contribution in [2.45, 2.75) is 16.1 Å². The van der Waals surface area contributed by atoms with E-state index in [0.717, 1.165) is 5.56 Å². The van der Waals surface area contributed by atoms with Crippen LogP contribution in [0.4, 0.5) is 0 Å². The Morgan fingerprint density at radius 3 is 1.96 bits per heavy atom. The van der Waals surface area contributed by atoms with Gasteiger partial charge < -0.3 is 4.74 Å². The fourth-order valence-corrected chi connectivity index (χ4v) is 5.92. The van der Waals surface area contributed by atoms with Gasteiger partial charge in [-0.1, -0.05) is 48.5 Å². The summed E-state index contributed by atoms with van der Waals surface area (Å²) in [5.74, 6) is -0.441. The highest BCUT2D eigenvalue weighted by molar-refractivity contribution is 7.92. The minimum atomic E-state index is -3.62. The molecule has 28 heavy (non-hydrogen) atoms. The van der Waals surface area contributed by atoms with Gasteiger partial charge in [-0.3, -0.25) is 4.79 Å². The molecular weight excluding hydrogens is 372 g/mol.